The summed E-state index contributed by atoms with van der Waals surface area (Å²) in [6, 6.07) is 6.13. The Labute approximate surface area is 110 Å². The predicted octanol–water partition coefficient (Wildman–Crippen LogP) is 2.68. The molecule has 5 heteroatoms. The van der Waals surface area contributed by atoms with E-state index in [1.807, 2.05) is 39.8 Å². The highest BCUT2D eigenvalue weighted by atomic mass is 32.2. The number of rotatable bonds is 3. The van der Waals surface area contributed by atoms with Crippen LogP contribution < -0.4 is 4.72 Å². The normalized spacial score (nSPS) is 15.8. The highest BCUT2D eigenvalue weighted by molar-refractivity contribution is 7.84. The fraction of sp³-hybridized carbons (Fsp3) is 0.462. The molecule has 0 amide bonds. The fourth-order valence-corrected chi connectivity index (χ4v) is 2.45. The smallest absolute Gasteiger partial charge is 0.0975 e. The molecule has 0 radical (unpaired) electrons. The number of hydrogen-bond donors (Lipinski definition) is 2. The van der Waals surface area contributed by atoms with E-state index in [2.05, 4.69) is 21.0 Å². The van der Waals surface area contributed by atoms with Crippen LogP contribution in [0.15, 0.2) is 24.4 Å². The van der Waals surface area contributed by atoms with E-state index in [-0.39, 0.29) is 10.8 Å². The van der Waals surface area contributed by atoms with Crippen LogP contribution in [0.1, 0.15) is 39.3 Å². The number of nitrogens with one attached hydrogen (secondary N) is 2. The van der Waals surface area contributed by atoms with Gasteiger partial charge in [-0.1, -0.05) is 6.07 Å². The van der Waals surface area contributed by atoms with E-state index in [1.54, 1.807) is 6.20 Å². The molecule has 2 rings (SSSR count). The van der Waals surface area contributed by atoms with Crippen LogP contribution in [0.25, 0.3) is 10.9 Å². The van der Waals surface area contributed by atoms with Crippen molar-refractivity contribution in [1.29, 1.82) is 0 Å². The van der Waals surface area contributed by atoms with Crippen molar-refractivity contribution in [3.8, 4) is 0 Å². The molecular weight excluding hydrogens is 246 g/mol. The molecule has 2 atom stereocenters. The molecular formula is C13H19N3OS. The minimum absolute atomic E-state index is 0.0457. The Morgan fingerprint density at radius 2 is 2.11 bits per heavy atom. The molecule has 1 heterocycles. The first-order valence-corrected chi connectivity index (χ1v) is 7.14. The van der Waals surface area contributed by atoms with Crippen LogP contribution in [0, 0.1) is 0 Å². The number of nitrogens with zero attached hydrogens (tertiary/aromatic N) is 1. The topological polar surface area (TPSA) is 57.8 Å². The lowest BCUT2D eigenvalue weighted by Gasteiger charge is -2.22. The quantitative estimate of drug-likeness (QED) is 0.896. The van der Waals surface area contributed by atoms with E-state index in [0.29, 0.717) is 0 Å². The van der Waals surface area contributed by atoms with Gasteiger partial charge < -0.3 is 0 Å². The van der Waals surface area contributed by atoms with Crippen molar-refractivity contribution < 1.29 is 4.21 Å². The van der Waals surface area contributed by atoms with Gasteiger partial charge in [-0.2, -0.15) is 5.10 Å². The summed E-state index contributed by atoms with van der Waals surface area (Å²) in [4.78, 5) is 0. The molecule has 0 bridgehead atoms. The van der Waals surface area contributed by atoms with Crippen LogP contribution in [0.3, 0.4) is 0 Å². The summed E-state index contributed by atoms with van der Waals surface area (Å²) >= 11 is 0. The van der Waals surface area contributed by atoms with Gasteiger partial charge in [-0.3, -0.25) is 5.10 Å². The Balaban J connectivity index is 2.18. The van der Waals surface area contributed by atoms with Crippen molar-refractivity contribution in [1.82, 2.24) is 14.9 Å². The monoisotopic (exact) mass is 265 g/mol. The van der Waals surface area contributed by atoms with Crippen molar-refractivity contribution in [3.05, 3.63) is 30.0 Å². The Hall–Kier alpha value is -1.20. The summed E-state index contributed by atoms with van der Waals surface area (Å²) in [6.07, 6.45) is 1.80. The van der Waals surface area contributed by atoms with Gasteiger partial charge in [-0.25, -0.2) is 8.93 Å². The molecule has 0 aliphatic rings. The van der Waals surface area contributed by atoms with Gasteiger partial charge in [-0.05, 0) is 45.4 Å². The molecule has 1 aromatic heterocycles. The largest absolute Gasteiger partial charge is 0.278 e. The van der Waals surface area contributed by atoms with Gasteiger partial charge in [0.15, 0.2) is 0 Å². The van der Waals surface area contributed by atoms with Gasteiger partial charge in [0.05, 0.1) is 27.4 Å². The van der Waals surface area contributed by atoms with E-state index in [4.69, 9.17) is 0 Å². The lowest BCUT2D eigenvalue weighted by molar-refractivity contribution is 0.616. The zero-order valence-electron chi connectivity index (χ0n) is 11.2. The summed E-state index contributed by atoms with van der Waals surface area (Å²) < 4.78 is 14.9. The molecule has 2 N–H and O–H groups in total. The van der Waals surface area contributed by atoms with Crippen LogP contribution in [0.2, 0.25) is 0 Å². The Kier molecular flexibility index (Phi) is 3.54. The van der Waals surface area contributed by atoms with E-state index < -0.39 is 11.0 Å². The summed E-state index contributed by atoms with van der Waals surface area (Å²) in [7, 11) is -1.07. The van der Waals surface area contributed by atoms with Crippen LogP contribution in [0.4, 0.5) is 0 Å². The molecule has 0 saturated carbocycles. The standard InChI is InChI=1S/C13H19N3OS/c1-9(16-18(17)13(2,3)4)10-5-6-12-11(7-10)8-14-15-12/h5-9,16H,1-4H3,(H,14,15)/t9-,18?/m0/s1. The number of aromatic nitrogens is 2. The molecule has 1 aromatic carbocycles. The molecule has 0 saturated heterocycles. The van der Waals surface area contributed by atoms with Gasteiger partial charge in [0.25, 0.3) is 0 Å². The first-order valence-electron chi connectivity index (χ1n) is 5.99. The maximum Gasteiger partial charge on any atom is 0.0975 e. The van der Waals surface area contributed by atoms with Crippen LogP contribution in [0.5, 0.6) is 0 Å². The zero-order valence-corrected chi connectivity index (χ0v) is 12.0. The second-order valence-corrected chi connectivity index (χ2v) is 7.44. The minimum atomic E-state index is -1.07. The lowest BCUT2D eigenvalue weighted by atomic mass is 10.1. The number of benzene rings is 1. The van der Waals surface area contributed by atoms with Crippen LogP contribution in [-0.2, 0) is 11.0 Å². The highest BCUT2D eigenvalue weighted by Gasteiger charge is 2.21. The number of hydrogen-bond acceptors (Lipinski definition) is 2. The van der Waals surface area contributed by atoms with Crippen molar-refractivity contribution in [2.45, 2.75) is 38.5 Å². The minimum Gasteiger partial charge on any atom is -0.278 e. The average molecular weight is 265 g/mol. The molecule has 18 heavy (non-hydrogen) atoms. The Morgan fingerprint density at radius 3 is 2.78 bits per heavy atom. The van der Waals surface area contributed by atoms with E-state index in [0.717, 1.165) is 16.5 Å². The molecule has 98 valence electrons. The Bertz CT molecular complexity index is 571. The van der Waals surface area contributed by atoms with E-state index in [1.165, 1.54) is 0 Å². The van der Waals surface area contributed by atoms with Crippen molar-refractivity contribution in [3.63, 3.8) is 0 Å². The third-order valence-corrected chi connectivity index (χ3v) is 4.48. The first-order chi connectivity index (χ1) is 8.38. The third kappa shape index (κ3) is 2.79. The molecule has 2 aromatic rings. The first kappa shape index (κ1) is 13.2. The van der Waals surface area contributed by atoms with Gasteiger partial charge in [0, 0.05) is 11.4 Å². The van der Waals surface area contributed by atoms with E-state index in [9.17, 15) is 4.21 Å². The summed E-state index contributed by atoms with van der Waals surface area (Å²) in [5.41, 5.74) is 2.13. The van der Waals surface area contributed by atoms with Gasteiger partial charge in [-0.15, -0.1) is 0 Å². The second kappa shape index (κ2) is 4.82. The molecule has 4 nitrogen and oxygen atoms in total. The van der Waals surface area contributed by atoms with Crippen molar-refractivity contribution in [2.75, 3.05) is 0 Å². The summed E-state index contributed by atoms with van der Waals surface area (Å²) in [5, 5.41) is 7.99. The third-order valence-electron chi connectivity index (χ3n) is 2.80. The fourth-order valence-electron chi connectivity index (χ4n) is 1.64. The Morgan fingerprint density at radius 1 is 1.39 bits per heavy atom. The maximum absolute atomic E-state index is 12.0. The molecule has 0 spiro atoms. The summed E-state index contributed by atoms with van der Waals surface area (Å²) in [5.74, 6) is 0. The van der Waals surface area contributed by atoms with Gasteiger partial charge >= 0.3 is 0 Å². The second-order valence-electron chi connectivity index (χ2n) is 5.44. The maximum atomic E-state index is 12.0. The van der Waals surface area contributed by atoms with Crippen LogP contribution in [-0.4, -0.2) is 19.2 Å². The molecule has 0 fully saturated rings. The van der Waals surface area contributed by atoms with Crippen LogP contribution >= 0.6 is 0 Å². The highest BCUT2D eigenvalue weighted by Crippen LogP contribution is 2.20. The van der Waals surface area contributed by atoms with Gasteiger partial charge in [0.1, 0.15) is 0 Å². The number of fused-ring (bicyclic) bond motifs is 1. The zero-order chi connectivity index (χ0) is 13.3. The van der Waals surface area contributed by atoms with E-state index >= 15 is 0 Å². The van der Waals surface area contributed by atoms with Crippen molar-refractivity contribution in [2.24, 2.45) is 0 Å². The van der Waals surface area contributed by atoms with Gasteiger partial charge in [0.2, 0.25) is 0 Å². The van der Waals surface area contributed by atoms with Crippen molar-refractivity contribution >= 4 is 21.9 Å². The number of H-pyrrole nitrogens is 1. The summed E-state index contributed by atoms with van der Waals surface area (Å²) in [6.45, 7) is 7.90. The SMILES string of the molecule is C[C@H](NS(=O)C(C)(C)C)c1ccc2[nH]ncc2c1. The molecule has 0 aliphatic carbocycles. The molecule has 0 aliphatic heterocycles. The number of aromatic amines is 1. The predicted molar refractivity (Wildman–Crippen MR) is 75.5 cm³/mol. The molecule has 1 unspecified atom stereocenters. The average Bonchev–Trinajstić information content (AvgIpc) is 2.74. The lowest BCUT2D eigenvalue weighted by Crippen LogP contribution is -2.34.